The van der Waals surface area contributed by atoms with Gasteiger partial charge in [0.05, 0.1) is 6.20 Å². The van der Waals surface area contributed by atoms with Gasteiger partial charge >= 0.3 is 0 Å². The van der Waals surface area contributed by atoms with Crippen LogP contribution in [-0.2, 0) is 0 Å². The highest BCUT2D eigenvalue weighted by molar-refractivity contribution is 5.65. The third kappa shape index (κ3) is 2.16. The smallest absolute Gasteiger partial charge is 0.148 e. The standard InChI is InChI=1S/C14H15FN2O/c15-12-5-1-3-10(7-12)13-9-17-18-14(13)11-4-2-6-16-8-11/h1,3,5,7,9,11,16H,2,4,6,8H2. The van der Waals surface area contributed by atoms with Gasteiger partial charge in [0.15, 0.2) is 0 Å². The van der Waals surface area contributed by atoms with Gasteiger partial charge in [-0.1, -0.05) is 17.3 Å². The maximum atomic E-state index is 13.3. The van der Waals surface area contributed by atoms with E-state index in [-0.39, 0.29) is 5.82 Å². The highest BCUT2D eigenvalue weighted by Gasteiger charge is 2.23. The molecule has 3 rings (SSSR count). The van der Waals surface area contributed by atoms with Gasteiger partial charge < -0.3 is 9.84 Å². The lowest BCUT2D eigenvalue weighted by atomic mass is 9.92. The second-order valence-corrected chi connectivity index (χ2v) is 4.66. The molecule has 94 valence electrons. The number of hydrogen-bond donors (Lipinski definition) is 1. The van der Waals surface area contributed by atoms with Crippen molar-refractivity contribution in [3.8, 4) is 11.1 Å². The van der Waals surface area contributed by atoms with Gasteiger partial charge in [-0.25, -0.2) is 4.39 Å². The summed E-state index contributed by atoms with van der Waals surface area (Å²) in [5.41, 5.74) is 1.74. The average molecular weight is 246 g/mol. The van der Waals surface area contributed by atoms with Crippen molar-refractivity contribution in [2.75, 3.05) is 13.1 Å². The summed E-state index contributed by atoms with van der Waals surface area (Å²) in [5, 5.41) is 7.23. The summed E-state index contributed by atoms with van der Waals surface area (Å²) in [5.74, 6) is 0.966. The monoisotopic (exact) mass is 246 g/mol. The fourth-order valence-corrected chi connectivity index (χ4v) is 2.49. The Morgan fingerprint density at radius 1 is 1.39 bits per heavy atom. The quantitative estimate of drug-likeness (QED) is 0.885. The Morgan fingerprint density at radius 2 is 2.33 bits per heavy atom. The molecule has 18 heavy (non-hydrogen) atoms. The minimum absolute atomic E-state index is 0.235. The Labute approximate surface area is 105 Å². The molecule has 1 unspecified atom stereocenters. The first-order valence-electron chi connectivity index (χ1n) is 6.26. The number of nitrogens with one attached hydrogen (secondary N) is 1. The Balaban J connectivity index is 1.95. The van der Waals surface area contributed by atoms with Crippen LogP contribution in [0.15, 0.2) is 35.0 Å². The van der Waals surface area contributed by atoms with E-state index in [1.54, 1.807) is 12.3 Å². The van der Waals surface area contributed by atoms with E-state index in [9.17, 15) is 4.39 Å². The molecule has 0 spiro atoms. The van der Waals surface area contributed by atoms with Gasteiger partial charge in [0.2, 0.25) is 0 Å². The van der Waals surface area contributed by atoms with Crippen LogP contribution in [0.1, 0.15) is 24.5 Å². The molecule has 1 saturated heterocycles. The van der Waals surface area contributed by atoms with Crippen molar-refractivity contribution in [3.63, 3.8) is 0 Å². The number of hydrogen-bond acceptors (Lipinski definition) is 3. The van der Waals surface area contributed by atoms with Crippen molar-refractivity contribution in [2.24, 2.45) is 0 Å². The minimum atomic E-state index is -0.235. The summed E-state index contributed by atoms with van der Waals surface area (Å²) in [7, 11) is 0. The molecule has 3 nitrogen and oxygen atoms in total. The van der Waals surface area contributed by atoms with Crippen LogP contribution in [0.3, 0.4) is 0 Å². The molecule has 1 aliphatic heterocycles. The Hall–Kier alpha value is -1.68. The second kappa shape index (κ2) is 4.90. The lowest BCUT2D eigenvalue weighted by Crippen LogP contribution is -2.28. The van der Waals surface area contributed by atoms with Gasteiger partial charge in [-0.15, -0.1) is 0 Å². The number of piperidine rings is 1. The molecule has 1 aliphatic rings. The first-order chi connectivity index (χ1) is 8.84. The SMILES string of the molecule is Fc1cccc(-c2cnoc2C2CCCNC2)c1. The molecule has 1 aromatic carbocycles. The van der Waals surface area contributed by atoms with Crippen molar-refractivity contribution in [3.05, 3.63) is 42.0 Å². The van der Waals surface area contributed by atoms with Crippen molar-refractivity contribution in [1.82, 2.24) is 10.5 Å². The number of nitrogens with zero attached hydrogens (tertiary/aromatic N) is 1. The first kappa shape index (κ1) is 11.4. The van der Waals surface area contributed by atoms with Gasteiger partial charge in [-0.2, -0.15) is 0 Å². The Kier molecular flexibility index (Phi) is 3.11. The van der Waals surface area contributed by atoms with Crippen LogP contribution in [0.4, 0.5) is 4.39 Å². The molecule has 2 heterocycles. The maximum Gasteiger partial charge on any atom is 0.148 e. The molecule has 1 N–H and O–H groups in total. The van der Waals surface area contributed by atoms with E-state index in [0.29, 0.717) is 5.92 Å². The predicted octanol–water partition coefficient (Wildman–Crippen LogP) is 2.95. The van der Waals surface area contributed by atoms with E-state index in [1.807, 2.05) is 6.07 Å². The van der Waals surface area contributed by atoms with Gasteiger partial charge in [-0.3, -0.25) is 0 Å². The van der Waals surface area contributed by atoms with Gasteiger partial charge in [-0.05, 0) is 37.1 Å². The fraction of sp³-hybridized carbons (Fsp3) is 0.357. The van der Waals surface area contributed by atoms with Crippen LogP contribution in [0, 0.1) is 5.82 Å². The van der Waals surface area contributed by atoms with Crippen LogP contribution < -0.4 is 5.32 Å². The third-order valence-corrected chi connectivity index (χ3v) is 3.40. The molecule has 0 aliphatic carbocycles. The molecule has 0 bridgehead atoms. The number of rotatable bonds is 2. The average Bonchev–Trinajstić information content (AvgIpc) is 2.89. The van der Waals surface area contributed by atoms with Gasteiger partial charge in [0.25, 0.3) is 0 Å². The van der Waals surface area contributed by atoms with E-state index < -0.39 is 0 Å². The van der Waals surface area contributed by atoms with Crippen LogP contribution in [0.25, 0.3) is 11.1 Å². The molecule has 0 amide bonds. The summed E-state index contributed by atoms with van der Waals surface area (Å²) in [4.78, 5) is 0. The molecule has 1 atom stereocenters. The molecular formula is C14H15FN2O. The number of aromatic nitrogens is 1. The van der Waals surface area contributed by atoms with Crippen LogP contribution in [0.2, 0.25) is 0 Å². The summed E-state index contributed by atoms with van der Waals surface area (Å²) < 4.78 is 18.7. The first-order valence-corrected chi connectivity index (χ1v) is 6.26. The Morgan fingerprint density at radius 3 is 3.11 bits per heavy atom. The lowest BCUT2D eigenvalue weighted by Gasteiger charge is -2.21. The number of halogens is 1. The third-order valence-electron chi connectivity index (χ3n) is 3.40. The van der Waals surface area contributed by atoms with E-state index in [1.165, 1.54) is 12.1 Å². The molecule has 0 radical (unpaired) electrons. The number of benzene rings is 1. The van der Waals surface area contributed by atoms with E-state index >= 15 is 0 Å². The zero-order chi connectivity index (χ0) is 12.4. The van der Waals surface area contributed by atoms with E-state index in [2.05, 4.69) is 10.5 Å². The zero-order valence-electron chi connectivity index (χ0n) is 10.0. The van der Waals surface area contributed by atoms with Crippen molar-refractivity contribution in [2.45, 2.75) is 18.8 Å². The largest absolute Gasteiger partial charge is 0.360 e. The normalized spacial score (nSPS) is 19.9. The molecule has 2 aromatic rings. The van der Waals surface area contributed by atoms with E-state index in [0.717, 1.165) is 42.8 Å². The molecule has 4 heteroatoms. The maximum absolute atomic E-state index is 13.3. The Bertz CT molecular complexity index is 532. The summed E-state index contributed by atoms with van der Waals surface area (Å²) in [6.45, 7) is 1.96. The van der Waals surface area contributed by atoms with Gasteiger partial charge in [0.1, 0.15) is 11.6 Å². The fourth-order valence-electron chi connectivity index (χ4n) is 2.49. The zero-order valence-corrected chi connectivity index (χ0v) is 10.0. The van der Waals surface area contributed by atoms with Crippen LogP contribution in [-0.4, -0.2) is 18.2 Å². The van der Waals surface area contributed by atoms with Crippen LogP contribution >= 0.6 is 0 Å². The summed E-state index contributed by atoms with van der Waals surface area (Å²) in [6.07, 6.45) is 3.90. The molecule has 1 fully saturated rings. The molecule has 1 aromatic heterocycles. The van der Waals surface area contributed by atoms with Crippen molar-refractivity contribution >= 4 is 0 Å². The lowest BCUT2D eigenvalue weighted by molar-refractivity contribution is 0.330. The van der Waals surface area contributed by atoms with E-state index in [4.69, 9.17) is 4.52 Å². The summed E-state index contributed by atoms with van der Waals surface area (Å²) in [6, 6.07) is 6.56. The summed E-state index contributed by atoms with van der Waals surface area (Å²) >= 11 is 0. The highest BCUT2D eigenvalue weighted by atomic mass is 19.1. The van der Waals surface area contributed by atoms with Crippen molar-refractivity contribution < 1.29 is 8.91 Å². The minimum Gasteiger partial charge on any atom is -0.360 e. The topological polar surface area (TPSA) is 38.1 Å². The second-order valence-electron chi connectivity index (χ2n) is 4.66. The molecular weight excluding hydrogens is 231 g/mol. The van der Waals surface area contributed by atoms with Crippen molar-refractivity contribution in [1.29, 1.82) is 0 Å². The molecule has 0 saturated carbocycles. The van der Waals surface area contributed by atoms with Crippen LogP contribution in [0.5, 0.6) is 0 Å². The highest BCUT2D eigenvalue weighted by Crippen LogP contribution is 2.32. The van der Waals surface area contributed by atoms with Gasteiger partial charge in [0, 0.05) is 18.0 Å². The predicted molar refractivity (Wildman–Crippen MR) is 66.7 cm³/mol.